The smallest absolute Gasteiger partial charge is 0.272 e. The molecule has 1 aliphatic rings. The van der Waals surface area contributed by atoms with E-state index in [0.717, 1.165) is 30.8 Å². The molecule has 3 rings (SSSR count). The second-order valence-corrected chi connectivity index (χ2v) is 11.1. The van der Waals surface area contributed by atoms with Crippen LogP contribution in [-0.2, 0) is 11.2 Å². The van der Waals surface area contributed by atoms with Crippen molar-refractivity contribution >= 4 is 46.4 Å². The number of carbonyl (C=O) groups excluding carboxylic acids is 1. The summed E-state index contributed by atoms with van der Waals surface area (Å²) in [6.45, 7) is 2.33. The Morgan fingerprint density at radius 3 is 2.45 bits per heavy atom. The Balaban J connectivity index is 1.87. The Labute approximate surface area is 210 Å². The van der Waals surface area contributed by atoms with Crippen LogP contribution >= 0.6 is 34.8 Å². The van der Waals surface area contributed by atoms with Gasteiger partial charge in [-0.15, -0.1) is 0 Å². The summed E-state index contributed by atoms with van der Waals surface area (Å²) in [6, 6.07) is 17.3. The maximum atomic E-state index is 12.6. The molecular weight excluding hydrogens is 481 g/mol. The van der Waals surface area contributed by atoms with Crippen molar-refractivity contribution in [3.63, 3.8) is 0 Å². The predicted octanol–water partition coefficient (Wildman–Crippen LogP) is 4.95. The standard InChI is InChI=1S/C25H30Cl3N3O2/c1-30(2)13-14-31(21-9-6-10-22(32)15-21)18-20-11-12-24(17-20,29-23(33)25(26,27)28)16-19-7-4-3-5-8-19/h3-10,15,17,32H,11-14,16,18H2,1-2H3,(H,29,33). The highest BCUT2D eigenvalue weighted by Crippen LogP contribution is 2.35. The fourth-order valence-corrected chi connectivity index (χ4v) is 4.28. The van der Waals surface area contributed by atoms with Gasteiger partial charge in [0.05, 0.1) is 5.54 Å². The van der Waals surface area contributed by atoms with Gasteiger partial charge in [0.25, 0.3) is 9.70 Å². The Kier molecular flexibility index (Phi) is 8.57. The van der Waals surface area contributed by atoms with Gasteiger partial charge in [-0.3, -0.25) is 4.79 Å². The maximum absolute atomic E-state index is 12.6. The molecular formula is C25H30Cl3N3O2. The monoisotopic (exact) mass is 509 g/mol. The molecule has 0 heterocycles. The van der Waals surface area contributed by atoms with E-state index in [1.165, 1.54) is 5.57 Å². The molecule has 1 aliphatic carbocycles. The number of phenolic OH excluding ortho intramolecular Hbond substituents is 1. The van der Waals surface area contributed by atoms with Crippen molar-refractivity contribution < 1.29 is 9.90 Å². The molecule has 0 fully saturated rings. The van der Waals surface area contributed by atoms with Crippen LogP contribution < -0.4 is 10.2 Å². The minimum atomic E-state index is -2.03. The lowest BCUT2D eigenvalue weighted by Crippen LogP contribution is -2.51. The van der Waals surface area contributed by atoms with Gasteiger partial charge < -0.3 is 20.2 Å². The molecule has 2 aromatic rings. The number of nitrogens with one attached hydrogen (secondary N) is 1. The van der Waals surface area contributed by atoms with E-state index in [-0.39, 0.29) is 5.75 Å². The Morgan fingerprint density at radius 2 is 1.82 bits per heavy atom. The number of likely N-dealkylation sites (N-methyl/N-ethyl adjacent to an activating group) is 1. The lowest BCUT2D eigenvalue weighted by molar-refractivity contribution is -0.121. The van der Waals surface area contributed by atoms with Crippen LogP contribution in [-0.4, -0.2) is 59.0 Å². The number of amides is 1. The molecule has 33 heavy (non-hydrogen) atoms. The number of hydrogen-bond acceptors (Lipinski definition) is 4. The first-order chi connectivity index (χ1) is 15.6. The number of alkyl halides is 3. The van der Waals surface area contributed by atoms with Gasteiger partial charge in [0.15, 0.2) is 0 Å². The van der Waals surface area contributed by atoms with Crippen LogP contribution in [0.1, 0.15) is 18.4 Å². The van der Waals surface area contributed by atoms with Crippen molar-refractivity contribution in [1.29, 1.82) is 0 Å². The number of nitrogens with zero attached hydrogens (tertiary/aromatic N) is 2. The van der Waals surface area contributed by atoms with Gasteiger partial charge in [0.1, 0.15) is 5.75 Å². The van der Waals surface area contributed by atoms with Gasteiger partial charge in [-0.05, 0) is 51.1 Å². The molecule has 8 heteroatoms. The molecule has 1 atom stereocenters. The Hall–Kier alpha value is -1.92. The third-order valence-corrected chi connectivity index (χ3v) is 6.28. The van der Waals surface area contributed by atoms with Crippen LogP contribution in [0.2, 0.25) is 0 Å². The second kappa shape index (κ2) is 11.0. The van der Waals surface area contributed by atoms with Crippen molar-refractivity contribution in [2.45, 2.75) is 28.6 Å². The number of hydrogen-bond donors (Lipinski definition) is 2. The minimum Gasteiger partial charge on any atom is -0.508 e. The van der Waals surface area contributed by atoms with E-state index >= 15 is 0 Å². The quantitative estimate of drug-likeness (QED) is 0.370. The summed E-state index contributed by atoms with van der Waals surface area (Å²) in [7, 11) is 4.07. The van der Waals surface area contributed by atoms with Crippen LogP contribution in [0.4, 0.5) is 5.69 Å². The number of anilines is 1. The summed E-state index contributed by atoms with van der Waals surface area (Å²) in [6.07, 6.45) is 4.25. The topological polar surface area (TPSA) is 55.8 Å². The summed E-state index contributed by atoms with van der Waals surface area (Å²) in [5.74, 6) is -0.394. The number of phenols is 1. The summed E-state index contributed by atoms with van der Waals surface area (Å²) < 4.78 is -2.03. The lowest BCUT2D eigenvalue weighted by Gasteiger charge is -2.31. The largest absolute Gasteiger partial charge is 0.508 e. The van der Waals surface area contributed by atoms with E-state index in [0.29, 0.717) is 19.4 Å². The van der Waals surface area contributed by atoms with Crippen LogP contribution in [0.5, 0.6) is 5.75 Å². The number of halogens is 3. The van der Waals surface area contributed by atoms with Crippen molar-refractivity contribution in [2.75, 3.05) is 38.6 Å². The molecule has 2 N–H and O–H groups in total. The fourth-order valence-electron chi connectivity index (χ4n) is 4.14. The average Bonchev–Trinajstić information content (AvgIpc) is 3.13. The van der Waals surface area contributed by atoms with Crippen LogP contribution in [0.25, 0.3) is 0 Å². The molecule has 0 aromatic heterocycles. The highest BCUT2D eigenvalue weighted by Gasteiger charge is 2.40. The SMILES string of the molecule is CN(C)CCN(CC1=CC(Cc2ccccc2)(NC(=O)C(Cl)(Cl)Cl)CC1)c1cccc(O)c1. The van der Waals surface area contributed by atoms with Crippen LogP contribution in [0.15, 0.2) is 66.2 Å². The lowest BCUT2D eigenvalue weighted by atomic mass is 9.90. The molecule has 0 spiro atoms. The number of rotatable bonds is 9. The van der Waals surface area contributed by atoms with E-state index < -0.39 is 15.2 Å². The van der Waals surface area contributed by atoms with E-state index in [2.05, 4.69) is 21.2 Å². The average molecular weight is 511 g/mol. The van der Waals surface area contributed by atoms with Gasteiger partial charge in [0, 0.05) is 31.4 Å². The molecule has 1 unspecified atom stereocenters. The van der Waals surface area contributed by atoms with Gasteiger partial charge in [-0.25, -0.2) is 0 Å². The number of carbonyl (C=O) groups is 1. The highest BCUT2D eigenvalue weighted by molar-refractivity contribution is 6.76. The zero-order chi connectivity index (χ0) is 24.1. The molecule has 0 bridgehead atoms. The summed E-state index contributed by atoms with van der Waals surface area (Å²) in [4.78, 5) is 17.0. The number of benzene rings is 2. The highest BCUT2D eigenvalue weighted by atomic mass is 35.6. The van der Waals surface area contributed by atoms with Crippen molar-refractivity contribution in [3.8, 4) is 5.75 Å². The first kappa shape index (κ1) is 25.7. The first-order valence-electron chi connectivity index (χ1n) is 10.9. The molecule has 0 radical (unpaired) electrons. The van der Waals surface area contributed by atoms with Crippen molar-refractivity contribution in [3.05, 3.63) is 71.8 Å². The molecule has 0 saturated carbocycles. The molecule has 0 aliphatic heterocycles. The van der Waals surface area contributed by atoms with E-state index in [1.807, 2.05) is 56.6 Å². The van der Waals surface area contributed by atoms with E-state index in [1.54, 1.807) is 12.1 Å². The molecule has 5 nitrogen and oxygen atoms in total. The van der Waals surface area contributed by atoms with E-state index in [4.69, 9.17) is 34.8 Å². The Morgan fingerprint density at radius 1 is 1.09 bits per heavy atom. The van der Waals surface area contributed by atoms with Crippen LogP contribution in [0, 0.1) is 0 Å². The maximum Gasteiger partial charge on any atom is 0.272 e. The summed E-state index contributed by atoms with van der Waals surface area (Å²) >= 11 is 17.6. The number of aromatic hydroxyl groups is 1. The van der Waals surface area contributed by atoms with Gasteiger partial charge in [-0.2, -0.15) is 0 Å². The Bertz CT molecular complexity index is 976. The van der Waals surface area contributed by atoms with Gasteiger partial charge >= 0.3 is 0 Å². The van der Waals surface area contributed by atoms with Gasteiger partial charge in [0.2, 0.25) is 0 Å². The summed E-state index contributed by atoms with van der Waals surface area (Å²) in [5.41, 5.74) is 2.60. The third kappa shape index (κ3) is 7.54. The second-order valence-electron chi connectivity index (χ2n) is 8.82. The molecule has 1 amide bonds. The van der Waals surface area contributed by atoms with E-state index in [9.17, 15) is 9.90 Å². The fraction of sp³-hybridized carbons (Fsp3) is 0.400. The van der Waals surface area contributed by atoms with Crippen molar-refractivity contribution in [2.24, 2.45) is 0 Å². The molecule has 2 aromatic carbocycles. The normalized spacial score (nSPS) is 18.3. The first-order valence-corrected chi connectivity index (χ1v) is 12.0. The third-order valence-electron chi connectivity index (χ3n) is 5.76. The van der Waals surface area contributed by atoms with Crippen LogP contribution in [0.3, 0.4) is 0 Å². The zero-order valence-corrected chi connectivity index (χ0v) is 21.2. The van der Waals surface area contributed by atoms with Gasteiger partial charge in [-0.1, -0.05) is 82.9 Å². The molecule has 178 valence electrons. The molecule has 0 saturated heterocycles. The van der Waals surface area contributed by atoms with Crippen molar-refractivity contribution in [1.82, 2.24) is 10.2 Å². The minimum absolute atomic E-state index is 0.233. The predicted molar refractivity (Wildman–Crippen MR) is 138 cm³/mol. The summed E-state index contributed by atoms with van der Waals surface area (Å²) in [5, 5.41) is 13.0. The zero-order valence-electron chi connectivity index (χ0n) is 18.9.